The van der Waals surface area contributed by atoms with Gasteiger partial charge in [-0.15, -0.1) is 0 Å². The summed E-state index contributed by atoms with van der Waals surface area (Å²) in [5, 5.41) is 3.41. The molecule has 0 aliphatic heterocycles. The molecule has 1 rings (SSSR count). The maximum absolute atomic E-state index is 5.01. The van der Waals surface area contributed by atoms with Crippen molar-refractivity contribution in [3.8, 4) is 0 Å². The molecular weight excluding hydrogens is 174 g/mol. The molecule has 0 atom stereocenters. The first-order valence-corrected chi connectivity index (χ1v) is 5.11. The van der Waals surface area contributed by atoms with Crippen molar-refractivity contribution in [3.05, 3.63) is 29.3 Å². The van der Waals surface area contributed by atoms with Crippen molar-refractivity contribution in [2.24, 2.45) is 0 Å². The summed E-state index contributed by atoms with van der Waals surface area (Å²) in [7, 11) is 1.72. The average molecular weight is 193 g/mol. The predicted octanol–water partition coefficient (Wildman–Crippen LogP) is 2.62. The number of hydrogen-bond acceptors (Lipinski definition) is 2. The Morgan fingerprint density at radius 1 is 1.36 bits per heavy atom. The first kappa shape index (κ1) is 11.1. The molecule has 0 amide bonds. The van der Waals surface area contributed by atoms with Crippen molar-refractivity contribution < 1.29 is 4.74 Å². The van der Waals surface area contributed by atoms with Gasteiger partial charge in [0.05, 0.1) is 6.61 Å². The van der Waals surface area contributed by atoms with E-state index in [4.69, 9.17) is 4.74 Å². The van der Waals surface area contributed by atoms with Gasteiger partial charge >= 0.3 is 0 Å². The maximum atomic E-state index is 5.01. The molecular formula is C12H19NO. The van der Waals surface area contributed by atoms with E-state index in [0.29, 0.717) is 0 Å². The molecule has 1 N–H and O–H groups in total. The summed E-state index contributed by atoms with van der Waals surface area (Å²) in [4.78, 5) is 0. The largest absolute Gasteiger partial charge is 0.383 e. The maximum Gasteiger partial charge on any atom is 0.0635 e. The summed E-state index contributed by atoms with van der Waals surface area (Å²) in [6.45, 7) is 5.93. The normalized spacial score (nSPS) is 10.2. The molecule has 0 bridgehead atoms. The third kappa shape index (κ3) is 2.74. The topological polar surface area (TPSA) is 21.3 Å². The highest BCUT2D eigenvalue weighted by Gasteiger charge is 2.02. The lowest BCUT2D eigenvalue weighted by Crippen LogP contribution is -2.10. The molecule has 0 fully saturated rings. The van der Waals surface area contributed by atoms with Crippen molar-refractivity contribution in [3.63, 3.8) is 0 Å². The zero-order valence-corrected chi connectivity index (χ0v) is 9.26. The molecule has 0 aromatic heterocycles. The number of para-hydroxylation sites is 1. The number of benzene rings is 1. The summed E-state index contributed by atoms with van der Waals surface area (Å²) in [5.41, 5.74) is 3.95. The van der Waals surface area contributed by atoms with E-state index in [1.807, 2.05) is 0 Å². The van der Waals surface area contributed by atoms with Crippen LogP contribution in [0.1, 0.15) is 18.1 Å². The number of nitrogens with one attached hydrogen (secondary N) is 1. The van der Waals surface area contributed by atoms with Gasteiger partial charge in [-0.2, -0.15) is 0 Å². The Labute approximate surface area is 86.3 Å². The minimum absolute atomic E-state index is 0.748. The predicted molar refractivity (Wildman–Crippen MR) is 60.9 cm³/mol. The third-order valence-electron chi connectivity index (χ3n) is 2.35. The Hall–Kier alpha value is -1.02. The molecule has 2 heteroatoms. The van der Waals surface area contributed by atoms with Gasteiger partial charge in [0, 0.05) is 19.3 Å². The SMILES string of the molecule is CCc1cccc(C)c1NCCOC. The summed E-state index contributed by atoms with van der Waals surface area (Å²) in [5.74, 6) is 0. The molecule has 0 aliphatic carbocycles. The van der Waals surface area contributed by atoms with E-state index in [0.717, 1.165) is 19.6 Å². The van der Waals surface area contributed by atoms with Crippen molar-refractivity contribution in [1.82, 2.24) is 0 Å². The molecule has 0 spiro atoms. The van der Waals surface area contributed by atoms with E-state index in [-0.39, 0.29) is 0 Å². The lowest BCUT2D eigenvalue weighted by atomic mass is 10.1. The van der Waals surface area contributed by atoms with E-state index in [9.17, 15) is 0 Å². The van der Waals surface area contributed by atoms with Crippen molar-refractivity contribution in [2.75, 3.05) is 25.6 Å². The van der Waals surface area contributed by atoms with Crippen LogP contribution in [0.15, 0.2) is 18.2 Å². The van der Waals surface area contributed by atoms with E-state index < -0.39 is 0 Å². The highest BCUT2D eigenvalue weighted by atomic mass is 16.5. The van der Waals surface area contributed by atoms with Crippen molar-refractivity contribution in [1.29, 1.82) is 0 Å². The summed E-state index contributed by atoms with van der Waals surface area (Å²) >= 11 is 0. The van der Waals surface area contributed by atoms with E-state index in [1.54, 1.807) is 7.11 Å². The zero-order chi connectivity index (χ0) is 10.4. The molecule has 0 saturated carbocycles. The standard InChI is InChI=1S/C12H19NO/c1-4-11-7-5-6-10(2)12(11)13-8-9-14-3/h5-7,13H,4,8-9H2,1-3H3. The zero-order valence-electron chi connectivity index (χ0n) is 9.26. The molecule has 0 unspecified atom stereocenters. The van der Waals surface area contributed by atoms with E-state index in [1.165, 1.54) is 16.8 Å². The molecule has 78 valence electrons. The summed E-state index contributed by atoms with van der Waals surface area (Å²) < 4.78 is 5.01. The fourth-order valence-electron chi connectivity index (χ4n) is 1.55. The van der Waals surface area contributed by atoms with Crippen LogP contribution in [-0.4, -0.2) is 20.3 Å². The van der Waals surface area contributed by atoms with Gasteiger partial charge in [0.15, 0.2) is 0 Å². The van der Waals surface area contributed by atoms with Gasteiger partial charge in [0.2, 0.25) is 0 Å². The minimum Gasteiger partial charge on any atom is -0.383 e. The van der Waals surface area contributed by atoms with Crippen LogP contribution in [-0.2, 0) is 11.2 Å². The lowest BCUT2D eigenvalue weighted by molar-refractivity contribution is 0.210. The molecule has 1 aromatic rings. The van der Waals surface area contributed by atoms with Gasteiger partial charge in [-0.3, -0.25) is 0 Å². The highest BCUT2D eigenvalue weighted by Crippen LogP contribution is 2.20. The Morgan fingerprint density at radius 2 is 2.14 bits per heavy atom. The van der Waals surface area contributed by atoms with Gasteiger partial charge in [0.1, 0.15) is 0 Å². The number of methoxy groups -OCH3 is 1. The van der Waals surface area contributed by atoms with Crippen LogP contribution in [0.2, 0.25) is 0 Å². The Bertz CT molecular complexity index is 284. The van der Waals surface area contributed by atoms with Gasteiger partial charge in [-0.1, -0.05) is 25.1 Å². The van der Waals surface area contributed by atoms with Crippen LogP contribution in [0, 0.1) is 6.92 Å². The molecule has 2 nitrogen and oxygen atoms in total. The van der Waals surface area contributed by atoms with E-state index in [2.05, 4.69) is 37.4 Å². The molecule has 1 aromatic carbocycles. The molecule has 0 aliphatic rings. The van der Waals surface area contributed by atoms with Crippen LogP contribution in [0.5, 0.6) is 0 Å². The summed E-state index contributed by atoms with van der Waals surface area (Å²) in [6, 6.07) is 6.41. The second-order valence-electron chi connectivity index (χ2n) is 3.38. The monoisotopic (exact) mass is 193 g/mol. The second-order valence-corrected chi connectivity index (χ2v) is 3.38. The van der Waals surface area contributed by atoms with Gasteiger partial charge in [-0.25, -0.2) is 0 Å². The summed E-state index contributed by atoms with van der Waals surface area (Å²) in [6.07, 6.45) is 1.07. The number of aryl methyl sites for hydroxylation is 2. The van der Waals surface area contributed by atoms with Crippen LogP contribution < -0.4 is 5.32 Å². The molecule has 14 heavy (non-hydrogen) atoms. The number of hydrogen-bond donors (Lipinski definition) is 1. The number of ether oxygens (including phenoxy) is 1. The van der Waals surface area contributed by atoms with Crippen molar-refractivity contribution >= 4 is 5.69 Å². The van der Waals surface area contributed by atoms with Crippen LogP contribution in [0.25, 0.3) is 0 Å². The van der Waals surface area contributed by atoms with Gasteiger partial charge in [-0.05, 0) is 24.5 Å². The quantitative estimate of drug-likeness (QED) is 0.726. The van der Waals surface area contributed by atoms with Crippen LogP contribution in [0.4, 0.5) is 5.69 Å². The van der Waals surface area contributed by atoms with Crippen LogP contribution in [0.3, 0.4) is 0 Å². The minimum atomic E-state index is 0.748. The van der Waals surface area contributed by atoms with Gasteiger partial charge < -0.3 is 10.1 Å². The molecule has 0 radical (unpaired) electrons. The number of rotatable bonds is 5. The second kappa shape index (κ2) is 5.66. The first-order valence-electron chi connectivity index (χ1n) is 5.11. The average Bonchev–Trinajstić information content (AvgIpc) is 2.20. The third-order valence-corrected chi connectivity index (χ3v) is 2.35. The Morgan fingerprint density at radius 3 is 2.79 bits per heavy atom. The van der Waals surface area contributed by atoms with Crippen LogP contribution >= 0.6 is 0 Å². The Kier molecular flexibility index (Phi) is 4.47. The first-order chi connectivity index (χ1) is 6.79. The smallest absolute Gasteiger partial charge is 0.0635 e. The highest BCUT2D eigenvalue weighted by molar-refractivity contribution is 5.57. The molecule has 0 saturated heterocycles. The van der Waals surface area contributed by atoms with E-state index >= 15 is 0 Å². The number of anilines is 1. The van der Waals surface area contributed by atoms with Crippen molar-refractivity contribution in [2.45, 2.75) is 20.3 Å². The lowest BCUT2D eigenvalue weighted by Gasteiger charge is -2.13. The molecule has 0 heterocycles. The fraction of sp³-hybridized carbons (Fsp3) is 0.500. The van der Waals surface area contributed by atoms with Gasteiger partial charge in [0.25, 0.3) is 0 Å². The Balaban J connectivity index is 2.72. The fourth-order valence-corrected chi connectivity index (χ4v) is 1.55.